The Labute approximate surface area is 96.6 Å². The van der Waals surface area contributed by atoms with Crippen molar-refractivity contribution in [2.45, 2.75) is 18.9 Å². The molecule has 1 fully saturated rings. The van der Waals surface area contributed by atoms with Gasteiger partial charge in [0.1, 0.15) is 0 Å². The molecule has 84 valence electrons. The predicted molar refractivity (Wildman–Crippen MR) is 61.5 cm³/mol. The van der Waals surface area contributed by atoms with E-state index in [9.17, 15) is 9.59 Å². The number of hydrogen-bond donors (Lipinski definition) is 2. The van der Waals surface area contributed by atoms with Crippen LogP contribution in [0.15, 0.2) is 18.2 Å². The minimum Gasteiger partial charge on any atom is -0.478 e. The van der Waals surface area contributed by atoms with Gasteiger partial charge in [-0.25, -0.2) is 4.79 Å². The summed E-state index contributed by atoms with van der Waals surface area (Å²) in [6, 6.07) is 3.79. The minimum atomic E-state index is -0.989. The normalized spacial score (nSPS) is 15.2. The highest BCUT2D eigenvalue weighted by Gasteiger charge is 2.24. The summed E-state index contributed by atoms with van der Waals surface area (Å²) >= 11 is 1.29. The Morgan fingerprint density at radius 2 is 2.19 bits per heavy atom. The Morgan fingerprint density at radius 3 is 2.81 bits per heavy atom. The molecular weight excluding hydrogens is 226 g/mol. The van der Waals surface area contributed by atoms with Gasteiger partial charge in [0.25, 0.3) is 5.91 Å². The number of thiophene rings is 1. The van der Waals surface area contributed by atoms with Crippen LogP contribution in [0.4, 0.5) is 0 Å². The maximum atomic E-state index is 11.6. The van der Waals surface area contributed by atoms with E-state index in [1.54, 1.807) is 12.1 Å². The summed E-state index contributed by atoms with van der Waals surface area (Å²) in [6.07, 6.45) is 4.67. The van der Waals surface area contributed by atoms with Gasteiger partial charge in [0.15, 0.2) is 0 Å². The number of rotatable bonds is 4. The van der Waals surface area contributed by atoms with Gasteiger partial charge in [-0.2, -0.15) is 0 Å². The van der Waals surface area contributed by atoms with Crippen molar-refractivity contribution in [2.75, 3.05) is 0 Å². The van der Waals surface area contributed by atoms with E-state index in [1.807, 2.05) is 0 Å². The number of carbonyl (C=O) groups excluding carboxylic acids is 1. The molecule has 2 N–H and O–H groups in total. The quantitative estimate of drug-likeness (QED) is 0.784. The van der Waals surface area contributed by atoms with Crippen LogP contribution >= 0.6 is 11.3 Å². The fraction of sp³-hybridized carbons (Fsp3) is 0.273. The number of aliphatic carboxylic acids is 1. The molecule has 1 aliphatic rings. The van der Waals surface area contributed by atoms with Gasteiger partial charge >= 0.3 is 5.97 Å². The van der Waals surface area contributed by atoms with Gasteiger partial charge in [0.2, 0.25) is 0 Å². The summed E-state index contributed by atoms with van der Waals surface area (Å²) in [5, 5.41) is 11.3. The lowest BCUT2D eigenvalue weighted by atomic mass is 10.4. The molecule has 5 heteroatoms. The van der Waals surface area contributed by atoms with Crippen LogP contribution in [0.25, 0.3) is 6.08 Å². The van der Waals surface area contributed by atoms with Crippen LogP contribution in [0.1, 0.15) is 27.4 Å². The molecule has 0 radical (unpaired) electrons. The van der Waals surface area contributed by atoms with Crippen LogP contribution in [0.2, 0.25) is 0 Å². The highest BCUT2D eigenvalue weighted by molar-refractivity contribution is 7.14. The third kappa shape index (κ3) is 2.93. The van der Waals surface area contributed by atoms with Crippen molar-refractivity contribution in [3.8, 4) is 0 Å². The lowest BCUT2D eigenvalue weighted by molar-refractivity contribution is -0.131. The number of carboxylic acids is 1. The second-order valence-electron chi connectivity index (χ2n) is 3.62. The maximum Gasteiger partial charge on any atom is 0.328 e. The van der Waals surface area contributed by atoms with Crippen LogP contribution in [0.5, 0.6) is 0 Å². The molecule has 2 rings (SSSR count). The SMILES string of the molecule is O=C(O)C=Cc1ccc(C(=O)NC2CC2)s1. The second kappa shape index (κ2) is 4.49. The van der Waals surface area contributed by atoms with Crippen LogP contribution in [0.3, 0.4) is 0 Å². The fourth-order valence-electron chi connectivity index (χ4n) is 1.20. The zero-order chi connectivity index (χ0) is 11.5. The fourth-order valence-corrected chi connectivity index (χ4v) is 2.02. The van der Waals surface area contributed by atoms with Gasteiger partial charge in [0.05, 0.1) is 4.88 Å². The van der Waals surface area contributed by atoms with Crippen molar-refractivity contribution in [1.82, 2.24) is 5.32 Å². The van der Waals surface area contributed by atoms with Crippen molar-refractivity contribution in [1.29, 1.82) is 0 Å². The number of amides is 1. The first-order valence-electron chi connectivity index (χ1n) is 4.97. The Hall–Kier alpha value is -1.62. The number of carboxylic acid groups (broad SMARTS) is 1. The van der Waals surface area contributed by atoms with Gasteiger partial charge in [-0.1, -0.05) is 0 Å². The summed E-state index contributed by atoms with van der Waals surface area (Å²) in [5.74, 6) is -1.06. The smallest absolute Gasteiger partial charge is 0.328 e. The number of nitrogens with one attached hydrogen (secondary N) is 1. The molecule has 1 saturated carbocycles. The summed E-state index contributed by atoms with van der Waals surface area (Å²) in [6.45, 7) is 0. The van der Waals surface area contributed by atoms with Gasteiger partial charge in [-0.15, -0.1) is 11.3 Å². The lowest BCUT2D eigenvalue weighted by Crippen LogP contribution is -2.24. The Morgan fingerprint density at radius 1 is 1.44 bits per heavy atom. The molecular formula is C11H11NO3S. The highest BCUT2D eigenvalue weighted by atomic mass is 32.1. The van der Waals surface area contributed by atoms with E-state index in [2.05, 4.69) is 5.32 Å². The van der Waals surface area contributed by atoms with Crippen molar-refractivity contribution < 1.29 is 14.7 Å². The van der Waals surface area contributed by atoms with Crippen LogP contribution in [0, 0.1) is 0 Å². The first-order valence-corrected chi connectivity index (χ1v) is 5.78. The molecule has 0 aliphatic heterocycles. The molecule has 0 atom stereocenters. The van der Waals surface area contributed by atoms with Crippen LogP contribution < -0.4 is 5.32 Å². The van der Waals surface area contributed by atoms with Crippen LogP contribution in [-0.2, 0) is 4.79 Å². The maximum absolute atomic E-state index is 11.6. The number of carbonyl (C=O) groups is 2. The van der Waals surface area contributed by atoms with Crippen LogP contribution in [-0.4, -0.2) is 23.0 Å². The molecule has 1 aromatic rings. The topological polar surface area (TPSA) is 66.4 Å². The van der Waals surface area contributed by atoms with Gasteiger partial charge in [-0.05, 0) is 31.1 Å². The van der Waals surface area contributed by atoms with E-state index in [-0.39, 0.29) is 5.91 Å². The van der Waals surface area contributed by atoms with Gasteiger partial charge in [-0.3, -0.25) is 4.79 Å². The molecule has 1 heterocycles. The highest BCUT2D eigenvalue weighted by Crippen LogP contribution is 2.22. The Kier molecular flexibility index (Phi) is 3.05. The zero-order valence-corrected chi connectivity index (χ0v) is 9.29. The van der Waals surface area contributed by atoms with Gasteiger partial charge < -0.3 is 10.4 Å². The van der Waals surface area contributed by atoms with E-state index in [4.69, 9.17) is 5.11 Å². The van der Waals surface area contributed by atoms with Crippen molar-refractivity contribution >= 4 is 29.3 Å². The summed E-state index contributed by atoms with van der Waals surface area (Å²) in [7, 11) is 0. The average molecular weight is 237 g/mol. The molecule has 0 saturated heterocycles. The van der Waals surface area contributed by atoms with Crippen molar-refractivity contribution in [3.05, 3.63) is 28.0 Å². The van der Waals surface area contributed by atoms with E-state index < -0.39 is 5.97 Å². The Balaban J connectivity index is 2.00. The van der Waals surface area contributed by atoms with E-state index in [0.717, 1.165) is 23.8 Å². The molecule has 1 aliphatic carbocycles. The molecule has 0 aromatic carbocycles. The van der Waals surface area contributed by atoms with Crippen molar-refractivity contribution in [3.63, 3.8) is 0 Å². The monoisotopic (exact) mass is 237 g/mol. The molecule has 1 amide bonds. The third-order valence-electron chi connectivity index (χ3n) is 2.15. The minimum absolute atomic E-state index is 0.0672. The first-order chi connectivity index (χ1) is 7.65. The standard InChI is InChI=1S/C11H11NO3S/c13-10(14)6-4-8-3-5-9(16-8)11(15)12-7-1-2-7/h3-7H,1-2H2,(H,12,15)(H,13,14). The first kappa shape index (κ1) is 10.9. The summed E-state index contributed by atoms with van der Waals surface area (Å²) in [5.41, 5.74) is 0. The Bertz CT molecular complexity index is 446. The summed E-state index contributed by atoms with van der Waals surface area (Å²) in [4.78, 5) is 23.3. The number of hydrogen-bond acceptors (Lipinski definition) is 3. The second-order valence-corrected chi connectivity index (χ2v) is 4.74. The van der Waals surface area contributed by atoms with Crippen molar-refractivity contribution in [2.24, 2.45) is 0 Å². The lowest BCUT2D eigenvalue weighted by Gasteiger charge is -1.98. The summed E-state index contributed by atoms with van der Waals surface area (Å²) < 4.78 is 0. The molecule has 0 bridgehead atoms. The van der Waals surface area contributed by atoms with E-state index >= 15 is 0 Å². The predicted octanol–water partition coefficient (Wildman–Crippen LogP) is 1.74. The molecule has 4 nitrogen and oxygen atoms in total. The molecule has 1 aromatic heterocycles. The largest absolute Gasteiger partial charge is 0.478 e. The van der Waals surface area contributed by atoms with Gasteiger partial charge in [0, 0.05) is 17.0 Å². The third-order valence-corrected chi connectivity index (χ3v) is 3.20. The molecule has 0 spiro atoms. The average Bonchev–Trinajstić information content (AvgIpc) is 2.92. The zero-order valence-electron chi connectivity index (χ0n) is 8.47. The molecule has 0 unspecified atom stereocenters. The van der Waals surface area contributed by atoms with E-state index in [1.165, 1.54) is 17.4 Å². The molecule has 16 heavy (non-hydrogen) atoms. The van der Waals surface area contributed by atoms with E-state index in [0.29, 0.717) is 10.9 Å².